The van der Waals surface area contributed by atoms with Crippen LogP contribution in [0.25, 0.3) is 0 Å². The molecule has 2 atom stereocenters. The topological polar surface area (TPSA) is 75.4 Å². The smallest absolute Gasteiger partial charge is 0.220 e. The zero-order valence-electron chi connectivity index (χ0n) is 10.5. The first-order valence-electron chi connectivity index (χ1n) is 6.81. The van der Waals surface area contributed by atoms with Crippen LogP contribution in [0.1, 0.15) is 51.4 Å². The van der Waals surface area contributed by atoms with Crippen molar-refractivity contribution in [2.45, 2.75) is 63.5 Å². The quantitative estimate of drug-likeness (QED) is 0.684. The van der Waals surface area contributed by atoms with Crippen molar-refractivity contribution in [2.75, 3.05) is 6.54 Å². The molecule has 0 aromatic carbocycles. The van der Waals surface area contributed by atoms with Crippen LogP contribution >= 0.6 is 0 Å². The third kappa shape index (κ3) is 3.19. The molecule has 0 saturated heterocycles. The second kappa shape index (κ2) is 5.36. The predicted octanol–water partition coefficient (Wildman–Crippen LogP) is 0.925. The Balaban J connectivity index is 1.76. The summed E-state index contributed by atoms with van der Waals surface area (Å²) < 4.78 is 0. The highest BCUT2D eigenvalue weighted by molar-refractivity contribution is 5.77. The average Bonchev–Trinajstić information content (AvgIpc) is 2.23. The summed E-state index contributed by atoms with van der Waals surface area (Å²) in [7, 11) is 0. The van der Waals surface area contributed by atoms with Gasteiger partial charge in [-0.25, -0.2) is 0 Å². The van der Waals surface area contributed by atoms with Gasteiger partial charge in [-0.3, -0.25) is 4.79 Å². The van der Waals surface area contributed by atoms with E-state index >= 15 is 0 Å². The van der Waals surface area contributed by atoms with E-state index in [2.05, 4.69) is 5.32 Å². The second-order valence-corrected chi connectivity index (χ2v) is 5.82. The summed E-state index contributed by atoms with van der Waals surface area (Å²) in [6, 6.07) is 0.168. The summed E-state index contributed by atoms with van der Waals surface area (Å²) in [4.78, 5) is 11.9. The van der Waals surface area contributed by atoms with Crippen LogP contribution in [-0.2, 0) is 4.79 Å². The minimum absolute atomic E-state index is 0.0807. The predicted molar refractivity (Wildman–Crippen MR) is 66.4 cm³/mol. The van der Waals surface area contributed by atoms with E-state index in [9.17, 15) is 9.90 Å². The normalized spacial score (nSPS) is 31.6. The number of hydrogen-bond donors (Lipinski definition) is 3. The summed E-state index contributed by atoms with van der Waals surface area (Å²) in [5.74, 6) is 0.120. The molecule has 0 spiro atoms. The van der Waals surface area contributed by atoms with Crippen LogP contribution in [0.2, 0.25) is 0 Å². The minimum atomic E-state index is -0.235. The van der Waals surface area contributed by atoms with Gasteiger partial charge in [0.2, 0.25) is 5.91 Å². The molecule has 4 heteroatoms. The molecule has 4 N–H and O–H groups in total. The number of aliphatic hydroxyl groups excluding tert-OH is 1. The van der Waals surface area contributed by atoms with Gasteiger partial charge < -0.3 is 16.2 Å². The lowest BCUT2D eigenvalue weighted by molar-refractivity contribution is -0.125. The molecule has 0 aromatic heterocycles. The maximum Gasteiger partial charge on any atom is 0.220 e. The first-order valence-corrected chi connectivity index (χ1v) is 6.81. The van der Waals surface area contributed by atoms with Crippen molar-refractivity contribution in [3.05, 3.63) is 0 Å². The summed E-state index contributed by atoms with van der Waals surface area (Å²) in [6.45, 7) is 0.619. The number of carbonyl (C=O) groups is 1. The van der Waals surface area contributed by atoms with Crippen LogP contribution < -0.4 is 11.1 Å². The Kier molecular flexibility index (Phi) is 4.05. The van der Waals surface area contributed by atoms with Crippen molar-refractivity contribution >= 4 is 5.91 Å². The Bertz CT molecular complexity index is 271. The van der Waals surface area contributed by atoms with Gasteiger partial charge in [-0.15, -0.1) is 0 Å². The van der Waals surface area contributed by atoms with Crippen molar-refractivity contribution in [1.29, 1.82) is 0 Å². The van der Waals surface area contributed by atoms with Crippen molar-refractivity contribution in [2.24, 2.45) is 11.1 Å². The third-order valence-corrected chi connectivity index (χ3v) is 4.39. The molecule has 1 amide bonds. The molecule has 2 saturated carbocycles. The van der Waals surface area contributed by atoms with Gasteiger partial charge in [0.1, 0.15) is 0 Å². The molecule has 0 radical (unpaired) electrons. The van der Waals surface area contributed by atoms with Gasteiger partial charge >= 0.3 is 0 Å². The first kappa shape index (κ1) is 12.8. The highest BCUT2D eigenvalue weighted by Gasteiger charge is 2.37. The molecular formula is C13H24N2O2. The van der Waals surface area contributed by atoms with E-state index < -0.39 is 0 Å². The third-order valence-electron chi connectivity index (χ3n) is 4.39. The van der Waals surface area contributed by atoms with E-state index in [1.165, 1.54) is 6.42 Å². The molecule has 0 aromatic rings. The first-order chi connectivity index (χ1) is 8.13. The zero-order chi connectivity index (χ0) is 12.3. The minimum Gasteiger partial charge on any atom is -0.393 e. The number of rotatable bonds is 4. The number of aliphatic hydroxyl groups is 1. The molecule has 0 bridgehead atoms. The Morgan fingerprint density at radius 3 is 2.65 bits per heavy atom. The fourth-order valence-electron chi connectivity index (χ4n) is 3.04. The van der Waals surface area contributed by atoms with Crippen LogP contribution in [0.3, 0.4) is 0 Å². The highest BCUT2D eigenvalue weighted by Crippen LogP contribution is 2.42. The van der Waals surface area contributed by atoms with E-state index in [1.54, 1.807) is 0 Å². The van der Waals surface area contributed by atoms with Crippen molar-refractivity contribution < 1.29 is 9.90 Å². The molecule has 98 valence electrons. The fourth-order valence-corrected chi connectivity index (χ4v) is 3.04. The summed E-state index contributed by atoms with van der Waals surface area (Å²) >= 11 is 0. The molecule has 0 aliphatic heterocycles. The highest BCUT2D eigenvalue weighted by atomic mass is 16.3. The van der Waals surface area contributed by atoms with Crippen molar-refractivity contribution in [3.8, 4) is 0 Å². The Morgan fingerprint density at radius 2 is 2.12 bits per heavy atom. The Morgan fingerprint density at radius 1 is 1.35 bits per heavy atom. The van der Waals surface area contributed by atoms with E-state index in [0.717, 1.165) is 32.1 Å². The van der Waals surface area contributed by atoms with Gasteiger partial charge in [-0.05, 0) is 50.5 Å². The van der Waals surface area contributed by atoms with E-state index in [1.807, 2.05) is 0 Å². The maximum absolute atomic E-state index is 11.9. The lowest BCUT2D eigenvalue weighted by Crippen LogP contribution is -2.45. The standard InChI is InChI=1S/C13H24N2O2/c14-9-13(5-2-6-13)8-12(17)15-10-3-1-4-11(16)7-10/h10-11,16H,1-9,14H2,(H,15,17). The summed E-state index contributed by atoms with van der Waals surface area (Å²) in [5.41, 5.74) is 5.83. The fraction of sp³-hybridized carbons (Fsp3) is 0.923. The average molecular weight is 240 g/mol. The number of amides is 1. The lowest BCUT2D eigenvalue weighted by atomic mass is 9.66. The van der Waals surface area contributed by atoms with Crippen LogP contribution in [0.5, 0.6) is 0 Å². The van der Waals surface area contributed by atoms with E-state index in [0.29, 0.717) is 19.4 Å². The Hall–Kier alpha value is -0.610. The van der Waals surface area contributed by atoms with Crippen LogP contribution in [-0.4, -0.2) is 29.7 Å². The summed E-state index contributed by atoms with van der Waals surface area (Å²) in [5, 5.41) is 12.6. The number of nitrogens with two attached hydrogens (primary N) is 1. The molecule has 0 heterocycles. The largest absolute Gasteiger partial charge is 0.393 e. The monoisotopic (exact) mass is 240 g/mol. The maximum atomic E-state index is 11.9. The van der Waals surface area contributed by atoms with Crippen LogP contribution in [0, 0.1) is 5.41 Å². The SMILES string of the molecule is NCC1(CC(=O)NC2CCCC(O)C2)CCC1. The van der Waals surface area contributed by atoms with Gasteiger partial charge in [0.25, 0.3) is 0 Å². The van der Waals surface area contributed by atoms with Gasteiger partial charge in [-0.2, -0.15) is 0 Å². The van der Waals surface area contributed by atoms with Gasteiger partial charge in [0.15, 0.2) is 0 Å². The molecule has 2 fully saturated rings. The molecule has 2 rings (SSSR count). The molecule has 4 nitrogen and oxygen atoms in total. The number of nitrogens with one attached hydrogen (secondary N) is 1. The lowest BCUT2D eigenvalue weighted by Gasteiger charge is -2.40. The molecule has 2 aliphatic rings. The van der Waals surface area contributed by atoms with Crippen molar-refractivity contribution in [1.82, 2.24) is 5.32 Å². The van der Waals surface area contributed by atoms with E-state index in [4.69, 9.17) is 5.73 Å². The molecule has 2 unspecified atom stereocenters. The second-order valence-electron chi connectivity index (χ2n) is 5.82. The van der Waals surface area contributed by atoms with Gasteiger partial charge in [0.05, 0.1) is 6.10 Å². The summed E-state index contributed by atoms with van der Waals surface area (Å²) in [6.07, 6.45) is 7.30. The molecular weight excluding hydrogens is 216 g/mol. The van der Waals surface area contributed by atoms with Crippen LogP contribution in [0.15, 0.2) is 0 Å². The number of hydrogen-bond acceptors (Lipinski definition) is 3. The Labute approximate surface area is 103 Å². The van der Waals surface area contributed by atoms with Gasteiger partial charge in [0, 0.05) is 12.5 Å². The van der Waals surface area contributed by atoms with Gasteiger partial charge in [-0.1, -0.05) is 6.42 Å². The van der Waals surface area contributed by atoms with Crippen molar-refractivity contribution in [3.63, 3.8) is 0 Å². The van der Waals surface area contributed by atoms with E-state index in [-0.39, 0.29) is 23.5 Å². The zero-order valence-corrected chi connectivity index (χ0v) is 10.5. The number of carbonyl (C=O) groups excluding carboxylic acids is 1. The van der Waals surface area contributed by atoms with Crippen LogP contribution in [0.4, 0.5) is 0 Å². The molecule has 17 heavy (non-hydrogen) atoms. The molecule has 2 aliphatic carbocycles.